The molecule has 2 aromatic rings. The summed E-state index contributed by atoms with van der Waals surface area (Å²) in [6, 6.07) is 17.0. The SMILES string of the molecule is N#Cc1c(F)cccc1N1CCC(NCCOc2ccccc2)CC1. The van der Waals surface area contributed by atoms with Gasteiger partial charge in [0, 0.05) is 25.7 Å². The van der Waals surface area contributed by atoms with Crippen molar-refractivity contribution in [1.29, 1.82) is 5.26 Å². The highest BCUT2D eigenvalue weighted by molar-refractivity contribution is 5.60. The summed E-state index contributed by atoms with van der Waals surface area (Å²) < 4.78 is 19.4. The molecule has 1 saturated heterocycles. The van der Waals surface area contributed by atoms with E-state index in [0.29, 0.717) is 18.3 Å². The number of nitrogens with zero attached hydrogens (tertiary/aromatic N) is 2. The molecule has 0 atom stereocenters. The van der Waals surface area contributed by atoms with Crippen molar-refractivity contribution in [3.8, 4) is 11.8 Å². The fourth-order valence-electron chi connectivity index (χ4n) is 3.16. The van der Waals surface area contributed by atoms with Crippen LogP contribution in [0.1, 0.15) is 18.4 Å². The van der Waals surface area contributed by atoms with E-state index in [1.165, 1.54) is 6.07 Å². The summed E-state index contributed by atoms with van der Waals surface area (Å²) in [5.74, 6) is 0.438. The Balaban J connectivity index is 1.43. The molecule has 4 nitrogen and oxygen atoms in total. The number of rotatable bonds is 6. The lowest BCUT2D eigenvalue weighted by Gasteiger charge is -2.34. The molecule has 0 bridgehead atoms. The summed E-state index contributed by atoms with van der Waals surface area (Å²) in [5, 5.41) is 12.7. The minimum absolute atomic E-state index is 0.144. The maximum Gasteiger partial charge on any atom is 0.143 e. The number of piperidine rings is 1. The molecule has 25 heavy (non-hydrogen) atoms. The van der Waals surface area contributed by atoms with Gasteiger partial charge in [-0.1, -0.05) is 24.3 Å². The van der Waals surface area contributed by atoms with E-state index in [0.717, 1.165) is 38.2 Å². The summed E-state index contributed by atoms with van der Waals surface area (Å²) in [5.41, 5.74) is 0.846. The molecular weight excluding hydrogens is 317 g/mol. The number of hydrogen-bond acceptors (Lipinski definition) is 4. The van der Waals surface area contributed by atoms with Crippen molar-refractivity contribution in [2.24, 2.45) is 0 Å². The Hall–Kier alpha value is -2.58. The van der Waals surface area contributed by atoms with Gasteiger partial charge in [0.2, 0.25) is 0 Å². The number of nitrogens with one attached hydrogen (secondary N) is 1. The Bertz CT molecular complexity index is 721. The largest absolute Gasteiger partial charge is 0.492 e. The standard InChI is InChI=1S/C20H22FN3O/c21-19-7-4-8-20(18(19)15-22)24-12-9-16(10-13-24)23-11-14-25-17-5-2-1-3-6-17/h1-8,16,23H,9-14H2. The van der Waals surface area contributed by atoms with Gasteiger partial charge in [-0.25, -0.2) is 4.39 Å². The van der Waals surface area contributed by atoms with Crippen molar-refractivity contribution < 1.29 is 9.13 Å². The summed E-state index contributed by atoms with van der Waals surface area (Å²) in [7, 11) is 0. The topological polar surface area (TPSA) is 48.3 Å². The predicted molar refractivity (Wildman–Crippen MR) is 96.3 cm³/mol. The van der Waals surface area contributed by atoms with Gasteiger partial charge in [0.25, 0.3) is 0 Å². The fraction of sp³-hybridized carbons (Fsp3) is 0.350. The molecule has 0 unspecified atom stereocenters. The minimum atomic E-state index is -0.446. The summed E-state index contributed by atoms with van der Waals surface area (Å²) >= 11 is 0. The Kier molecular flexibility index (Phi) is 5.86. The molecule has 0 aromatic heterocycles. The Morgan fingerprint density at radius 3 is 2.60 bits per heavy atom. The number of hydrogen-bond donors (Lipinski definition) is 1. The Morgan fingerprint density at radius 2 is 1.88 bits per heavy atom. The molecule has 0 amide bonds. The zero-order valence-corrected chi connectivity index (χ0v) is 14.1. The van der Waals surface area contributed by atoms with Crippen molar-refractivity contribution >= 4 is 5.69 Å². The van der Waals surface area contributed by atoms with Crippen molar-refractivity contribution in [3.05, 3.63) is 59.9 Å². The second-order valence-electron chi connectivity index (χ2n) is 6.12. The number of halogens is 1. The molecule has 0 aliphatic carbocycles. The number of ether oxygens (including phenoxy) is 1. The zero-order chi connectivity index (χ0) is 17.5. The molecule has 1 fully saturated rings. The first-order valence-electron chi connectivity index (χ1n) is 8.62. The van der Waals surface area contributed by atoms with Crippen LogP contribution in [0.15, 0.2) is 48.5 Å². The quantitative estimate of drug-likeness (QED) is 0.820. The molecule has 0 saturated carbocycles. The van der Waals surface area contributed by atoms with E-state index < -0.39 is 5.82 Å². The lowest BCUT2D eigenvalue weighted by atomic mass is 10.0. The van der Waals surface area contributed by atoms with Crippen LogP contribution in [-0.2, 0) is 0 Å². The summed E-state index contributed by atoms with van der Waals surface area (Å²) in [4.78, 5) is 2.10. The van der Waals surface area contributed by atoms with Crippen LogP contribution in [-0.4, -0.2) is 32.3 Å². The summed E-state index contributed by atoms with van der Waals surface area (Å²) in [6.07, 6.45) is 1.93. The van der Waals surface area contributed by atoms with Crippen LogP contribution < -0.4 is 15.0 Å². The van der Waals surface area contributed by atoms with E-state index >= 15 is 0 Å². The second kappa shape index (κ2) is 8.50. The van der Waals surface area contributed by atoms with Gasteiger partial charge in [0.1, 0.15) is 29.8 Å². The fourth-order valence-corrected chi connectivity index (χ4v) is 3.16. The van der Waals surface area contributed by atoms with Crippen molar-refractivity contribution in [2.75, 3.05) is 31.1 Å². The van der Waals surface area contributed by atoms with E-state index in [-0.39, 0.29) is 5.56 Å². The average Bonchev–Trinajstić information content (AvgIpc) is 2.66. The zero-order valence-electron chi connectivity index (χ0n) is 14.1. The lowest BCUT2D eigenvalue weighted by molar-refractivity contribution is 0.296. The van der Waals surface area contributed by atoms with Gasteiger partial charge in [-0.15, -0.1) is 0 Å². The van der Waals surface area contributed by atoms with E-state index in [1.54, 1.807) is 6.07 Å². The van der Waals surface area contributed by atoms with Crippen LogP contribution >= 0.6 is 0 Å². The summed E-state index contributed by atoms with van der Waals surface area (Å²) in [6.45, 7) is 3.06. The molecular formula is C20H22FN3O. The van der Waals surface area contributed by atoms with Crippen LogP contribution in [0.4, 0.5) is 10.1 Å². The van der Waals surface area contributed by atoms with Gasteiger partial charge in [-0.2, -0.15) is 5.26 Å². The van der Waals surface area contributed by atoms with Crippen LogP contribution in [0.3, 0.4) is 0 Å². The number of benzene rings is 2. The maximum absolute atomic E-state index is 13.8. The van der Waals surface area contributed by atoms with Crippen LogP contribution in [0.25, 0.3) is 0 Å². The number of anilines is 1. The van der Waals surface area contributed by atoms with Gasteiger partial charge in [-0.05, 0) is 37.1 Å². The van der Waals surface area contributed by atoms with E-state index in [9.17, 15) is 9.65 Å². The molecule has 0 spiro atoms. The third-order valence-electron chi connectivity index (χ3n) is 4.49. The molecule has 130 valence electrons. The molecule has 1 aliphatic rings. The van der Waals surface area contributed by atoms with E-state index in [4.69, 9.17) is 4.74 Å². The smallest absolute Gasteiger partial charge is 0.143 e. The number of nitriles is 1. The molecule has 5 heteroatoms. The lowest BCUT2D eigenvalue weighted by Crippen LogP contribution is -2.43. The Labute approximate surface area is 147 Å². The minimum Gasteiger partial charge on any atom is -0.492 e. The normalized spacial score (nSPS) is 15.0. The first-order valence-corrected chi connectivity index (χ1v) is 8.62. The highest BCUT2D eigenvalue weighted by Crippen LogP contribution is 2.25. The van der Waals surface area contributed by atoms with Crippen molar-refractivity contribution in [2.45, 2.75) is 18.9 Å². The van der Waals surface area contributed by atoms with Gasteiger partial charge in [0.05, 0.1) is 5.69 Å². The Morgan fingerprint density at radius 1 is 1.12 bits per heavy atom. The third-order valence-corrected chi connectivity index (χ3v) is 4.49. The third kappa shape index (κ3) is 4.49. The number of para-hydroxylation sites is 1. The van der Waals surface area contributed by atoms with Gasteiger partial charge in [-0.3, -0.25) is 0 Å². The van der Waals surface area contributed by atoms with E-state index in [2.05, 4.69) is 10.2 Å². The van der Waals surface area contributed by atoms with Crippen LogP contribution in [0, 0.1) is 17.1 Å². The van der Waals surface area contributed by atoms with Crippen LogP contribution in [0.5, 0.6) is 5.75 Å². The highest BCUT2D eigenvalue weighted by Gasteiger charge is 2.21. The van der Waals surface area contributed by atoms with Crippen molar-refractivity contribution in [1.82, 2.24) is 5.32 Å². The molecule has 3 rings (SSSR count). The van der Waals surface area contributed by atoms with Crippen molar-refractivity contribution in [3.63, 3.8) is 0 Å². The molecule has 0 radical (unpaired) electrons. The van der Waals surface area contributed by atoms with Crippen LogP contribution in [0.2, 0.25) is 0 Å². The molecule has 1 N–H and O–H groups in total. The molecule has 1 aliphatic heterocycles. The molecule has 2 aromatic carbocycles. The second-order valence-corrected chi connectivity index (χ2v) is 6.12. The molecule has 1 heterocycles. The first kappa shape index (κ1) is 17.2. The highest BCUT2D eigenvalue weighted by atomic mass is 19.1. The first-order chi connectivity index (χ1) is 12.3. The maximum atomic E-state index is 13.8. The monoisotopic (exact) mass is 339 g/mol. The van der Waals surface area contributed by atoms with Gasteiger partial charge in [0.15, 0.2) is 0 Å². The van der Waals surface area contributed by atoms with Gasteiger partial charge >= 0.3 is 0 Å². The average molecular weight is 339 g/mol. The predicted octanol–water partition coefficient (Wildman–Crippen LogP) is 3.33. The van der Waals surface area contributed by atoms with E-state index in [1.807, 2.05) is 42.5 Å². The van der Waals surface area contributed by atoms with Gasteiger partial charge < -0.3 is 15.0 Å².